The first-order chi connectivity index (χ1) is 9.51. The van der Waals surface area contributed by atoms with Crippen LogP contribution in [-0.4, -0.2) is 31.2 Å². The molecule has 2 rings (SSSR count). The molecular weight excluding hydrogens is 283 g/mol. The average molecular weight is 301 g/mol. The molecular formula is C14H18ClFN2O2. The number of amides is 1. The maximum absolute atomic E-state index is 12.9. The number of nitrogens with one attached hydrogen (secondary N) is 1. The predicted octanol–water partition coefficient (Wildman–Crippen LogP) is 1.65. The van der Waals surface area contributed by atoms with Crippen LogP contribution in [0.15, 0.2) is 18.2 Å². The van der Waals surface area contributed by atoms with E-state index in [1.54, 1.807) is 6.07 Å². The normalized spacial score (nSPS) is 17.8. The molecule has 0 saturated carbocycles. The van der Waals surface area contributed by atoms with E-state index in [-0.39, 0.29) is 11.7 Å². The summed E-state index contributed by atoms with van der Waals surface area (Å²) >= 11 is 5.93. The largest absolute Gasteiger partial charge is 0.381 e. The maximum Gasteiger partial charge on any atom is 0.240 e. The van der Waals surface area contributed by atoms with Crippen molar-refractivity contribution >= 4 is 17.5 Å². The molecule has 4 nitrogen and oxygen atoms in total. The lowest BCUT2D eigenvalue weighted by atomic mass is 9.90. The first-order valence-corrected chi connectivity index (χ1v) is 6.98. The number of carbonyl (C=O) groups excluding carboxylic acids is 1. The second-order valence-electron chi connectivity index (χ2n) is 5.01. The number of nitrogens with two attached hydrogens (primary N) is 1. The Morgan fingerprint density at radius 2 is 2.15 bits per heavy atom. The summed E-state index contributed by atoms with van der Waals surface area (Å²) in [5.41, 5.74) is 6.02. The summed E-state index contributed by atoms with van der Waals surface area (Å²) in [5, 5.41) is 3.18. The van der Waals surface area contributed by atoms with Gasteiger partial charge in [-0.25, -0.2) is 4.39 Å². The zero-order valence-electron chi connectivity index (χ0n) is 11.1. The molecule has 1 aromatic carbocycles. The number of hydrogen-bond acceptors (Lipinski definition) is 3. The van der Waals surface area contributed by atoms with Crippen molar-refractivity contribution in [2.45, 2.75) is 24.8 Å². The van der Waals surface area contributed by atoms with Crippen molar-refractivity contribution in [2.75, 3.05) is 19.8 Å². The lowest BCUT2D eigenvalue weighted by molar-refractivity contribution is -0.129. The Bertz CT molecular complexity index is 490. The molecule has 1 fully saturated rings. The SMILES string of the molecule is NC1(C(=O)NCCc2ccc(F)cc2Cl)CCOCC1. The molecule has 1 saturated heterocycles. The third-order valence-corrected chi connectivity index (χ3v) is 3.88. The smallest absolute Gasteiger partial charge is 0.240 e. The Morgan fingerprint density at radius 1 is 1.45 bits per heavy atom. The van der Waals surface area contributed by atoms with Gasteiger partial charge in [0, 0.05) is 24.8 Å². The van der Waals surface area contributed by atoms with Gasteiger partial charge in [-0.05, 0) is 37.0 Å². The van der Waals surface area contributed by atoms with Gasteiger partial charge in [0.25, 0.3) is 0 Å². The van der Waals surface area contributed by atoms with E-state index in [4.69, 9.17) is 22.1 Å². The number of hydrogen-bond donors (Lipinski definition) is 2. The number of halogens is 2. The van der Waals surface area contributed by atoms with E-state index in [0.29, 0.717) is 44.0 Å². The Morgan fingerprint density at radius 3 is 2.80 bits per heavy atom. The zero-order chi connectivity index (χ0) is 14.6. The summed E-state index contributed by atoms with van der Waals surface area (Å²) < 4.78 is 18.1. The number of rotatable bonds is 4. The van der Waals surface area contributed by atoms with Crippen LogP contribution in [0.25, 0.3) is 0 Å². The molecule has 20 heavy (non-hydrogen) atoms. The molecule has 110 valence electrons. The van der Waals surface area contributed by atoms with E-state index in [9.17, 15) is 9.18 Å². The predicted molar refractivity (Wildman–Crippen MR) is 75.1 cm³/mol. The van der Waals surface area contributed by atoms with Gasteiger partial charge in [-0.2, -0.15) is 0 Å². The molecule has 0 unspecified atom stereocenters. The fourth-order valence-corrected chi connectivity index (χ4v) is 2.44. The minimum absolute atomic E-state index is 0.168. The summed E-state index contributed by atoms with van der Waals surface area (Å²) in [6.45, 7) is 1.44. The van der Waals surface area contributed by atoms with Gasteiger partial charge < -0.3 is 15.8 Å². The summed E-state index contributed by atoms with van der Waals surface area (Å²) in [7, 11) is 0. The Kier molecular flexibility index (Phi) is 4.96. The van der Waals surface area contributed by atoms with Gasteiger partial charge in [-0.15, -0.1) is 0 Å². The van der Waals surface area contributed by atoms with Gasteiger partial charge in [0.2, 0.25) is 5.91 Å². The van der Waals surface area contributed by atoms with E-state index in [1.165, 1.54) is 12.1 Å². The Balaban J connectivity index is 1.84. The first-order valence-electron chi connectivity index (χ1n) is 6.60. The summed E-state index contributed by atoms with van der Waals surface area (Å²) in [6.07, 6.45) is 1.59. The molecule has 3 N–H and O–H groups in total. The van der Waals surface area contributed by atoms with E-state index in [0.717, 1.165) is 5.56 Å². The minimum Gasteiger partial charge on any atom is -0.381 e. The van der Waals surface area contributed by atoms with Crippen molar-refractivity contribution < 1.29 is 13.9 Å². The molecule has 1 aliphatic rings. The van der Waals surface area contributed by atoms with Crippen LogP contribution in [0.2, 0.25) is 5.02 Å². The maximum atomic E-state index is 12.9. The quantitative estimate of drug-likeness (QED) is 0.888. The van der Waals surface area contributed by atoms with Crippen LogP contribution in [0.1, 0.15) is 18.4 Å². The second-order valence-corrected chi connectivity index (χ2v) is 5.42. The molecule has 0 aliphatic carbocycles. The van der Waals surface area contributed by atoms with Crippen molar-refractivity contribution in [3.05, 3.63) is 34.6 Å². The fourth-order valence-electron chi connectivity index (χ4n) is 2.17. The molecule has 0 aromatic heterocycles. The van der Waals surface area contributed by atoms with Gasteiger partial charge in [-0.3, -0.25) is 4.79 Å². The highest BCUT2D eigenvalue weighted by molar-refractivity contribution is 6.31. The van der Waals surface area contributed by atoms with Crippen LogP contribution in [0, 0.1) is 5.82 Å². The van der Waals surface area contributed by atoms with Crippen molar-refractivity contribution in [3.63, 3.8) is 0 Å². The van der Waals surface area contributed by atoms with Crippen LogP contribution in [0.4, 0.5) is 4.39 Å². The number of ether oxygens (including phenoxy) is 1. The molecule has 0 spiro atoms. The lowest BCUT2D eigenvalue weighted by Gasteiger charge is -2.31. The molecule has 0 radical (unpaired) electrons. The van der Waals surface area contributed by atoms with Crippen molar-refractivity contribution in [3.8, 4) is 0 Å². The minimum atomic E-state index is -0.842. The van der Waals surface area contributed by atoms with E-state index in [1.807, 2.05) is 0 Å². The van der Waals surface area contributed by atoms with E-state index < -0.39 is 5.54 Å². The van der Waals surface area contributed by atoms with Gasteiger partial charge in [0.05, 0.1) is 5.54 Å². The molecule has 1 aromatic rings. The summed E-state index contributed by atoms with van der Waals surface area (Å²) in [4.78, 5) is 12.1. The van der Waals surface area contributed by atoms with Crippen molar-refractivity contribution in [1.29, 1.82) is 0 Å². The van der Waals surface area contributed by atoms with Crippen molar-refractivity contribution in [2.24, 2.45) is 5.73 Å². The highest BCUT2D eigenvalue weighted by Gasteiger charge is 2.35. The van der Waals surface area contributed by atoms with Gasteiger partial charge >= 0.3 is 0 Å². The average Bonchev–Trinajstić information content (AvgIpc) is 2.42. The molecule has 1 aliphatic heterocycles. The van der Waals surface area contributed by atoms with Crippen LogP contribution >= 0.6 is 11.6 Å². The van der Waals surface area contributed by atoms with E-state index >= 15 is 0 Å². The standard InChI is InChI=1S/C14H18ClFN2O2/c15-12-9-11(16)2-1-10(12)3-6-18-13(19)14(17)4-7-20-8-5-14/h1-2,9H,3-8,17H2,(H,18,19). The van der Waals surface area contributed by atoms with Crippen LogP contribution in [0.3, 0.4) is 0 Å². The summed E-state index contributed by atoms with van der Waals surface area (Å²) in [6, 6.07) is 4.24. The molecule has 1 amide bonds. The zero-order valence-corrected chi connectivity index (χ0v) is 11.9. The Labute approximate surface area is 122 Å². The van der Waals surface area contributed by atoms with Gasteiger partial charge in [-0.1, -0.05) is 17.7 Å². The third kappa shape index (κ3) is 3.69. The Hall–Kier alpha value is -1.17. The topological polar surface area (TPSA) is 64.4 Å². The number of benzene rings is 1. The molecule has 1 heterocycles. The number of carbonyl (C=O) groups is 1. The fraction of sp³-hybridized carbons (Fsp3) is 0.500. The van der Waals surface area contributed by atoms with E-state index in [2.05, 4.69) is 5.32 Å². The molecule has 6 heteroatoms. The first kappa shape index (κ1) is 15.2. The molecule has 0 bridgehead atoms. The summed E-state index contributed by atoms with van der Waals surface area (Å²) in [5.74, 6) is -0.537. The van der Waals surface area contributed by atoms with Gasteiger partial charge in [0.15, 0.2) is 0 Å². The second kappa shape index (κ2) is 6.52. The van der Waals surface area contributed by atoms with Crippen LogP contribution in [0.5, 0.6) is 0 Å². The van der Waals surface area contributed by atoms with Crippen molar-refractivity contribution in [1.82, 2.24) is 5.32 Å². The third-order valence-electron chi connectivity index (χ3n) is 3.53. The highest BCUT2D eigenvalue weighted by Crippen LogP contribution is 2.19. The van der Waals surface area contributed by atoms with Crippen LogP contribution < -0.4 is 11.1 Å². The molecule has 0 atom stereocenters. The highest BCUT2D eigenvalue weighted by atomic mass is 35.5. The van der Waals surface area contributed by atoms with Gasteiger partial charge in [0.1, 0.15) is 5.82 Å². The monoisotopic (exact) mass is 300 g/mol. The van der Waals surface area contributed by atoms with Crippen LogP contribution in [-0.2, 0) is 16.0 Å². The lowest BCUT2D eigenvalue weighted by Crippen LogP contribution is -2.57.